The summed E-state index contributed by atoms with van der Waals surface area (Å²) in [4.78, 5) is 10.9. The molecule has 0 fully saturated rings. The number of benzene rings is 1. The number of fused-ring (bicyclic) bond motifs is 1. The molecule has 0 saturated heterocycles. The van der Waals surface area contributed by atoms with Crippen LogP contribution in [0.5, 0.6) is 5.75 Å². The first-order valence-corrected chi connectivity index (χ1v) is 6.01. The van der Waals surface area contributed by atoms with Crippen LogP contribution in [-0.4, -0.2) is 11.4 Å². The number of aromatic hydroxyl groups is 1. The number of carbonyl (C=O) groups is 1. The molecule has 2 rings (SSSR count). The standard InChI is InChI=1S/C10H7BrO2S/c11-4-7-8(5-12)6-1-2-14-10(6)3-9(7)13/h1-3,5,13H,4H2. The summed E-state index contributed by atoms with van der Waals surface area (Å²) in [5, 5.41) is 13.0. The lowest BCUT2D eigenvalue weighted by atomic mass is 10.1. The Labute approximate surface area is 93.3 Å². The van der Waals surface area contributed by atoms with Gasteiger partial charge in [-0.2, -0.15) is 0 Å². The molecule has 14 heavy (non-hydrogen) atoms. The maximum atomic E-state index is 10.9. The van der Waals surface area contributed by atoms with Crippen LogP contribution >= 0.6 is 27.3 Å². The zero-order chi connectivity index (χ0) is 10.1. The second-order valence-electron chi connectivity index (χ2n) is 2.87. The first kappa shape index (κ1) is 9.68. The van der Waals surface area contributed by atoms with E-state index in [2.05, 4.69) is 15.9 Å². The molecule has 0 atom stereocenters. The molecule has 2 nitrogen and oxygen atoms in total. The molecule has 2 aromatic rings. The third kappa shape index (κ3) is 1.35. The van der Waals surface area contributed by atoms with Crippen molar-refractivity contribution in [3.63, 3.8) is 0 Å². The molecule has 1 N–H and O–H groups in total. The minimum Gasteiger partial charge on any atom is -0.508 e. The van der Waals surface area contributed by atoms with Crippen molar-refractivity contribution in [3.05, 3.63) is 28.6 Å². The Kier molecular flexibility index (Phi) is 2.56. The van der Waals surface area contributed by atoms with Gasteiger partial charge in [-0.05, 0) is 17.5 Å². The summed E-state index contributed by atoms with van der Waals surface area (Å²) in [6.45, 7) is 0. The number of rotatable bonds is 2. The number of carbonyl (C=O) groups excluding carboxylic acids is 1. The van der Waals surface area contributed by atoms with Gasteiger partial charge < -0.3 is 5.11 Å². The van der Waals surface area contributed by atoms with Gasteiger partial charge in [-0.15, -0.1) is 11.3 Å². The highest BCUT2D eigenvalue weighted by molar-refractivity contribution is 9.08. The summed E-state index contributed by atoms with van der Waals surface area (Å²) in [5.41, 5.74) is 1.24. The molecule has 0 amide bonds. The van der Waals surface area contributed by atoms with Crippen LogP contribution in [0.25, 0.3) is 10.1 Å². The van der Waals surface area contributed by atoms with Crippen molar-refractivity contribution < 1.29 is 9.90 Å². The molecule has 0 aliphatic heterocycles. The molecule has 0 unspecified atom stereocenters. The summed E-state index contributed by atoms with van der Waals surface area (Å²) in [6, 6.07) is 3.60. The van der Waals surface area contributed by atoms with Gasteiger partial charge in [0.25, 0.3) is 0 Å². The molecule has 1 aromatic carbocycles. The minimum absolute atomic E-state index is 0.180. The zero-order valence-electron chi connectivity index (χ0n) is 7.16. The molecular weight excluding hydrogens is 264 g/mol. The molecule has 0 bridgehead atoms. The van der Waals surface area contributed by atoms with E-state index in [0.29, 0.717) is 16.5 Å². The lowest BCUT2D eigenvalue weighted by Gasteiger charge is -2.05. The van der Waals surface area contributed by atoms with Crippen molar-refractivity contribution in [2.45, 2.75) is 5.33 Å². The van der Waals surface area contributed by atoms with Gasteiger partial charge in [0.2, 0.25) is 0 Å². The maximum Gasteiger partial charge on any atom is 0.151 e. The van der Waals surface area contributed by atoms with Gasteiger partial charge in [-0.1, -0.05) is 15.9 Å². The van der Waals surface area contributed by atoms with E-state index >= 15 is 0 Å². The Hall–Kier alpha value is -0.870. The first-order chi connectivity index (χ1) is 6.77. The van der Waals surface area contributed by atoms with Crippen molar-refractivity contribution in [1.29, 1.82) is 0 Å². The van der Waals surface area contributed by atoms with Crippen LogP contribution in [0.2, 0.25) is 0 Å². The van der Waals surface area contributed by atoms with Crippen molar-refractivity contribution in [2.75, 3.05) is 0 Å². The fourth-order valence-electron chi connectivity index (χ4n) is 1.44. The summed E-state index contributed by atoms with van der Waals surface area (Å²) in [7, 11) is 0. The minimum atomic E-state index is 0.180. The van der Waals surface area contributed by atoms with E-state index in [0.717, 1.165) is 16.4 Å². The van der Waals surface area contributed by atoms with Crippen LogP contribution < -0.4 is 0 Å². The number of hydrogen-bond donors (Lipinski definition) is 1. The largest absolute Gasteiger partial charge is 0.508 e. The molecule has 72 valence electrons. The highest BCUT2D eigenvalue weighted by Gasteiger charge is 2.11. The van der Waals surface area contributed by atoms with E-state index in [9.17, 15) is 9.90 Å². The maximum absolute atomic E-state index is 10.9. The van der Waals surface area contributed by atoms with Crippen molar-refractivity contribution in [2.24, 2.45) is 0 Å². The van der Waals surface area contributed by atoms with Crippen LogP contribution in [0.15, 0.2) is 17.5 Å². The second kappa shape index (κ2) is 3.71. The Bertz CT molecular complexity index is 490. The lowest BCUT2D eigenvalue weighted by Crippen LogP contribution is -1.90. The van der Waals surface area contributed by atoms with Gasteiger partial charge >= 0.3 is 0 Å². The Balaban J connectivity index is 2.88. The second-order valence-corrected chi connectivity index (χ2v) is 4.38. The zero-order valence-corrected chi connectivity index (χ0v) is 9.56. The number of phenols is 1. The average molecular weight is 271 g/mol. The topological polar surface area (TPSA) is 37.3 Å². The van der Waals surface area contributed by atoms with Crippen LogP contribution in [0.1, 0.15) is 15.9 Å². The molecule has 0 aliphatic rings. The first-order valence-electron chi connectivity index (χ1n) is 4.01. The van der Waals surface area contributed by atoms with Gasteiger partial charge in [-0.3, -0.25) is 4.79 Å². The van der Waals surface area contributed by atoms with Crippen LogP contribution in [-0.2, 0) is 5.33 Å². The van der Waals surface area contributed by atoms with E-state index in [1.165, 1.54) is 11.3 Å². The predicted octanol–water partition coefficient (Wildman–Crippen LogP) is 3.31. The van der Waals surface area contributed by atoms with Gasteiger partial charge in [-0.25, -0.2) is 0 Å². The molecule has 0 radical (unpaired) electrons. The highest BCUT2D eigenvalue weighted by atomic mass is 79.9. The number of alkyl halides is 1. The van der Waals surface area contributed by atoms with Crippen molar-refractivity contribution in [1.82, 2.24) is 0 Å². The summed E-state index contributed by atoms with van der Waals surface area (Å²) >= 11 is 4.77. The third-order valence-electron chi connectivity index (χ3n) is 2.14. The Morgan fingerprint density at radius 2 is 2.36 bits per heavy atom. The molecule has 1 aromatic heterocycles. The molecule has 0 aliphatic carbocycles. The Morgan fingerprint density at radius 1 is 1.57 bits per heavy atom. The van der Waals surface area contributed by atoms with E-state index < -0.39 is 0 Å². The van der Waals surface area contributed by atoms with Crippen molar-refractivity contribution in [3.8, 4) is 5.75 Å². The fraction of sp³-hybridized carbons (Fsp3) is 0.100. The molecule has 0 saturated carbocycles. The fourth-order valence-corrected chi connectivity index (χ4v) is 2.87. The predicted molar refractivity (Wildman–Crippen MR) is 61.5 cm³/mol. The SMILES string of the molecule is O=Cc1c(CBr)c(O)cc2sccc12. The van der Waals surface area contributed by atoms with E-state index in [4.69, 9.17) is 0 Å². The quantitative estimate of drug-likeness (QED) is 0.672. The Morgan fingerprint density at radius 3 is 3.00 bits per heavy atom. The smallest absolute Gasteiger partial charge is 0.151 e. The van der Waals surface area contributed by atoms with E-state index in [1.54, 1.807) is 6.07 Å². The molecule has 1 heterocycles. The van der Waals surface area contributed by atoms with Gasteiger partial charge in [0, 0.05) is 26.5 Å². The summed E-state index contributed by atoms with van der Waals surface area (Å²) in [5.74, 6) is 0.180. The third-order valence-corrected chi connectivity index (χ3v) is 3.56. The lowest BCUT2D eigenvalue weighted by molar-refractivity contribution is 0.112. The number of thiophene rings is 1. The number of hydrogen-bond acceptors (Lipinski definition) is 3. The van der Waals surface area contributed by atoms with Gasteiger partial charge in [0.1, 0.15) is 5.75 Å². The molecule has 4 heteroatoms. The van der Waals surface area contributed by atoms with Crippen LogP contribution in [0.3, 0.4) is 0 Å². The van der Waals surface area contributed by atoms with Crippen LogP contribution in [0, 0.1) is 0 Å². The number of phenolic OH excluding ortho intramolecular Hbond substituents is 1. The van der Waals surface area contributed by atoms with Gasteiger partial charge in [0.05, 0.1) is 0 Å². The summed E-state index contributed by atoms with van der Waals surface area (Å²) in [6.07, 6.45) is 0.797. The highest BCUT2D eigenvalue weighted by Crippen LogP contribution is 2.33. The van der Waals surface area contributed by atoms with Crippen molar-refractivity contribution >= 4 is 43.6 Å². The monoisotopic (exact) mass is 270 g/mol. The number of halogens is 1. The van der Waals surface area contributed by atoms with E-state index in [1.807, 2.05) is 11.4 Å². The summed E-state index contributed by atoms with van der Waals surface area (Å²) < 4.78 is 0.939. The van der Waals surface area contributed by atoms with E-state index in [-0.39, 0.29) is 5.75 Å². The van der Waals surface area contributed by atoms with Gasteiger partial charge in [0.15, 0.2) is 6.29 Å². The average Bonchev–Trinajstić information content (AvgIpc) is 2.62. The van der Waals surface area contributed by atoms with Crippen LogP contribution in [0.4, 0.5) is 0 Å². The number of aldehydes is 1. The molecule has 0 spiro atoms. The molecular formula is C10H7BrO2S. The normalized spacial score (nSPS) is 10.6.